The Morgan fingerprint density at radius 1 is 1.33 bits per heavy atom. The number of halogens is 1. The van der Waals surface area contributed by atoms with Gasteiger partial charge in [0.25, 0.3) is 0 Å². The van der Waals surface area contributed by atoms with Gasteiger partial charge in [-0.2, -0.15) is 0 Å². The summed E-state index contributed by atoms with van der Waals surface area (Å²) < 4.78 is 23.9. The molecular formula is C13H17BrO3S. The first-order chi connectivity index (χ1) is 8.30. The third-order valence-electron chi connectivity index (χ3n) is 3.58. The van der Waals surface area contributed by atoms with Crippen molar-refractivity contribution in [2.24, 2.45) is 5.92 Å². The molecule has 0 bridgehead atoms. The Kier molecular flexibility index (Phi) is 3.85. The van der Waals surface area contributed by atoms with Crippen molar-refractivity contribution >= 4 is 25.8 Å². The van der Waals surface area contributed by atoms with Crippen LogP contribution >= 0.6 is 15.9 Å². The van der Waals surface area contributed by atoms with E-state index >= 15 is 0 Å². The summed E-state index contributed by atoms with van der Waals surface area (Å²) in [5.41, 5.74) is 2.89. The molecule has 0 radical (unpaired) electrons. The van der Waals surface area contributed by atoms with Gasteiger partial charge in [0.2, 0.25) is 0 Å². The van der Waals surface area contributed by atoms with Crippen LogP contribution in [0.15, 0.2) is 16.6 Å². The highest BCUT2D eigenvalue weighted by atomic mass is 79.9. The highest BCUT2D eigenvalue weighted by Crippen LogP contribution is 2.34. The molecule has 18 heavy (non-hydrogen) atoms. The Bertz CT molecular complexity index is 566. The first-order valence-corrected chi connectivity index (χ1v) is 8.57. The minimum absolute atomic E-state index is 0.0999. The lowest BCUT2D eigenvalue weighted by Crippen LogP contribution is -2.15. The highest BCUT2D eigenvalue weighted by Gasteiger charge is 2.34. The van der Waals surface area contributed by atoms with Gasteiger partial charge < -0.3 is 5.11 Å². The molecule has 5 heteroatoms. The van der Waals surface area contributed by atoms with Crippen molar-refractivity contribution in [1.29, 1.82) is 0 Å². The van der Waals surface area contributed by atoms with Crippen LogP contribution in [0.4, 0.5) is 0 Å². The van der Waals surface area contributed by atoms with Crippen molar-refractivity contribution in [2.75, 3.05) is 11.5 Å². The first kappa shape index (κ1) is 14.0. The molecule has 0 saturated carbocycles. The number of sulfone groups is 1. The van der Waals surface area contributed by atoms with E-state index in [0.29, 0.717) is 6.42 Å². The number of aliphatic hydroxyl groups excluding tert-OH is 1. The van der Waals surface area contributed by atoms with Crippen LogP contribution < -0.4 is 0 Å². The van der Waals surface area contributed by atoms with E-state index in [1.165, 1.54) is 0 Å². The second kappa shape index (κ2) is 4.94. The van der Waals surface area contributed by atoms with E-state index in [0.717, 1.165) is 21.2 Å². The average Bonchev–Trinajstić information content (AvgIpc) is 2.63. The standard InChI is InChI=1S/C13H17BrO3S/c1-8-6-12(14)9(2)5-11(8)13(15)10-3-4-18(16,17)7-10/h5-6,10,13,15H,3-4,7H2,1-2H3. The lowest BCUT2D eigenvalue weighted by Gasteiger charge is -2.20. The van der Waals surface area contributed by atoms with Gasteiger partial charge >= 0.3 is 0 Å². The fourth-order valence-corrected chi connectivity index (χ4v) is 4.74. The molecule has 1 aromatic carbocycles. The molecule has 3 nitrogen and oxygen atoms in total. The van der Waals surface area contributed by atoms with Gasteiger partial charge in [-0.15, -0.1) is 0 Å². The monoisotopic (exact) mass is 332 g/mol. The molecule has 1 N–H and O–H groups in total. The van der Waals surface area contributed by atoms with Crippen LogP contribution in [-0.2, 0) is 9.84 Å². The molecule has 1 heterocycles. The van der Waals surface area contributed by atoms with Gasteiger partial charge in [0.05, 0.1) is 17.6 Å². The van der Waals surface area contributed by atoms with Crippen molar-refractivity contribution in [1.82, 2.24) is 0 Å². The molecule has 0 amide bonds. The number of aliphatic hydroxyl groups is 1. The molecular weight excluding hydrogens is 316 g/mol. The summed E-state index contributed by atoms with van der Waals surface area (Å²) in [5.74, 6) is 0.126. The second-order valence-corrected chi connectivity index (χ2v) is 8.15. The number of hydrogen-bond acceptors (Lipinski definition) is 3. The predicted molar refractivity (Wildman–Crippen MR) is 75.3 cm³/mol. The number of aryl methyl sites for hydroxylation is 2. The molecule has 100 valence electrons. The van der Waals surface area contributed by atoms with Crippen LogP contribution in [0.3, 0.4) is 0 Å². The molecule has 2 atom stereocenters. The molecule has 2 unspecified atom stereocenters. The number of rotatable bonds is 2. The predicted octanol–water partition coefficient (Wildman–Crippen LogP) is 2.53. The van der Waals surface area contributed by atoms with Crippen molar-refractivity contribution in [3.63, 3.8) is 0 Å². The molecule has 1 saturated heterocycles. The average molecular weight is 333 g/mol. The summed E-state index contributed by atoms with van der Waals surface area (Å²) >= 11 is 3.45. The van der Waals surface area contributed by atoms with E-state index in [1.807, 2.05) is 26.0 Å². The molecule has 1 fully saturated rings. The zero-order valence-corrected chi connectivity index (χ0v) is 12.9. The number of hydrogen-bond donors (Lipinski definition) is 1. The fraction of sp³-hybridized carbons (Fsp3) is 0.538. The van der Waals surface area contributed by atoms with Gasteiger partial charge in [-0.25, -0.2) is 8.42 Å². The van der Waals surface area contributed by atoms with E-state index < -0.39 is 15.9 Å². The molecule has 1 aliphatic heterocycles. The summed E-state index contributed by atoms with van der Waals surface area (Å²) in [6.07, 6.45) is -0.132. The van der Waals surface area contributed by atoms with Crippen molar-refractivity contribution in [3.05, 3.63) is 33.3 Å². The maximum absolute atomic E-state index is 11.5. The van der Waals surface area contributed by atoms with Gasteiger partial charge in [-0.05, 0) is 43.0 Å². The van der Waals surface area contributed by atoms with Gasteiger partial charge in [0, 0.05) is 10.4 Å². The summed E-state index contributed by atoms with van der Waals surface area (Å²) in [5, 5.41) is 10.4. The maximum Gasteiger partial charge on any atom is 0.150 e. The van der Waals surface area contributed by atoms with Crippen LogP contribution in [0.2, 0.25) is 0 Å². The van der Waals surface area contributed by atoms with E-state index in [1.54, 1.807) is 0 Å². The molecule has 0 spiro atoms. The molecule has 0 aromatic heterocycles. The Morgan fingerprint density at radius 3 is 2.56 bits per heavy atom. The third kappa shape index (κ3) is 2.78. The Morgan fingerprint density at radius 2 is 2.00 bits per heavy atom. The van der Waals surface area contributed by atoms with Gasteiger partial charge in [0.1, 0.15) is 0 Å². The van der Waals surface area contributed by atoms with Gasteiger partial charge in [0.15, 0.2) is 9.84 Å². The van der Waals surface area contributed by atoms with E-state index in [2.05, 4.69) is 15.9 Å². The summed E-state index contributed by atoms with van der Waals surface area (Å²) in [7, 11) is -2.95. The topological polar surface area (TPSA) is 54.4 Å². The Labute approximate surface area is 116 Å². The SMILES string of the molecule is Cc1cc(C(O)C2CCS(=O)(=O)C2)c(C)cc1Br. The fourth-order valence-electron chi connectivity index (χ4n) is 2.45. The van der Waals surface area contributed by atoms with Gasteiger partial charge in [-0.3, -0.25) is 0 Å². The first-order valence-electron chi connectivity index (χ1n) is 5.95. The third-order valence-corrected chi connectivity index (χ3v) is 6.23. The minimum atomic E-state index is -2.95. The zero-order valence-electron chi connectivity index (χ0n) is 10.5. The summed E-state index contributed by atoms with van der Waals surface area (Å²) in [6, 6.07) is 3.91. The van der Waals surface area contributed by atoms with Crippen LogP contribution in [0.5, 0.6) is 0 Å². The van der Waals surface area contributed by atoms with Crippen LogP contribution in [0.25, 0.3) is 0 Å². The van der Waals surface area contributed by atoms with Crippen molar-refractivity contribution in [2.45, 2.75) is 26.4 Å². The van der Waals surface area contributed by atoms with E-state index in [9.17, 15) is 13.5 Å². The largest absolute Gasteiger partial charge is 0.388 e. The van der Waals surface area contributed by atoms with Crippen LogP contribution in [0.1, 0.15) is 29.2 Å². The van der Waals surface area contributed by atoms with E-state index in [4.69, 9.17) is 0 Å². The smallest absolute Gasteiger partial charge is 0.150 e. The molecule has 1 aromatic rings. The maximum atomic E-state index is 11.5. The van der Waals surface area contributed by atoms with E-state index in [-0.39, 0.29) is 17.4 Å². The van der Waals surface area contributed by atoms with Crippen molar-refractivity contribution < 1.29 is 13.5 Å². The lowest BCUT2D eigenvalue weighted by atomic mass is 9.91. The molecule has 0 aliphatic carbocycles. The number of benzene rings is 1. The summed E-state index contributed by atoms with van der Waals surface area (Å²) in [6.45, 7) is 3.90. The summed E-state index contributed by atoms with van der Waals surface area (Å²) in [4.78, 5) is 0. The van der Waals surface area contributed by atoms with Gasteiger partial charge in [-0.1, -0.05) is 22.0 Å². The molecule has 2 rings (SSSR count). The van der Waals surface area contributed by atoms with Crippen LogP contribution in [0, 0.1) is 19.8 Å². The van der Waals surface area contributed by atoms with Crippen molar-refractivity contribution in [3.8, 4) is 0 Å². The Hall–Kier alpha value is -0.390. The highest BCUT2D eigenvalue weighted by molar-refractivity contribution is 9.10. The Balaban J connectivity index is 2.30. The lowest BCUT2D eigenvalue weighted by molar-refractivity contribution is 0.120. The second-order valence-electron chi connectivity index (χ2n) is 5.07. The quantitative estimate of drug-likeness (QED) is 0.905. The zero-order chi connectivity index (χ0) is 13.5. The molecule has 1 aliphatic rings. The minimum Gasteiger partial charge on any atom is -0.388 e. The normalized spacial score (nSPS) is 24.1. The van der Waals surface area contributed by atoms with Crippen LogP contribution in [-0.4, -0.2) is 25.0 Å².